The zero-order valence-corrected chi connectivity index (χ0v) is 55.1. The molecule has 1 N–H and O–H groups in total. The SMILES string of the molecule is Cc1ccc2c(c1)-c1nnnn1CCS2.Cc1ccc2c(c1)-n1cnnc1CCS2.Cc1ccc2c(c1)C(=O)CCS2.Cc1ccc2c(c1)C(=O)CCS2.Cc1ccc2c(c1)C(=O)NCCS2.Cc1ccc2c(c1)CC(=O)CCS2.[N-]=[N+]=[N-].[Na+]. The molecule has 0 atom stereocenters. The number of rotatable bonds is 0. The Balaban J connectivity index is 0.000000143. The molecule has 0 saturated heterocycles. The number of Topliss-reactive ketones (excluding diaryl/α,β-unsaturated/α-hetero) is 3. The number of hydrogen-bond acceptors (Lipinski definition) is 15. The van der Waals surface area contributed by atoms with E-state index in [-0.39, 0.29) is 35.5 Å². The summed E-state index contributed by atoms with van der Waals surface area (Å²) >= 11 is 10.8. The Bertz CT molecular complexity index is 3520. The van der Waals surface area contributed by atoms with E-state index in [0.29, 0.717) is 36.6 Å². The molecule has 84 heavy (non-hydrogen) atoms. The largest absolute Gasteiger partial charge is 1.00 e. The van der Waals surface area contributed by atoms with Gasteiger partial charge in [-0.2, -0.15) is 0 Å². The van der Waals surface area contributed by atoms with Gasteiger partial charge in [-0.05, 0) is 130 Å². The standard InChI is InChI=1S/C11H11N3S.C11H12OS.C10H10N4S.C10H11NOS.2C10H10OS.N3.Na/c1-8-2-3-10-9(6-8)14-7-12-13-11(14)4-5-15-10;1-8-2-3-11-9(6-8)7-10(12)4-5-13-11;1-7-2-3-9-8(6-7)10-11-12-13-14(10)4-5-15-9;1-7-2-3-9-8(6-7)10(12)11-4-5-13-9;2*1-7-2-3-10-8(6-7)9(11)4-5-12-10;1-3-2;/h2-3,6-7H,4-5H2,1H3;2-3,6H,4-5,7H2,1H3;2-3,6H,4-5H2,1H3;2-3,6H,4-5H2,1H3,(H,11,12);2*2-3,6H,4-5H2,1H3;;/q;;;;;;-1;+1. The van der Waals surface area contributed by atoms with Crippen LogP contribution in [0.5, 0.6) is 0 Å². The van der Waals surface area contributed by atoms with Crippen molar-refractivity contribution in [1.82, 2.24) is 40.3 Å². The molecule has 15 nitrogen and oxygen atoms in total. The molecule has 0 aliphatic carbocycles. The molecular weight excluding hydrogens is 1180 g/mol. The van der Waals surface area contributed by atoms with E-state index in [4.69, 9.17) is 11.1 Å². The number of hydrogen-bond donors (Lipinski definition) is 1. The van der Waals surface area contributed by atoms with Crippen LogP contribution in [-0.4, -0.2) is 99.3 Å². The number of carbonyl (C=O) groups is 4. The number of aryl methyl sites for hydroxylation is 8. The number of nitrogens with one attached hydrogen (secondary N) is 1. The number of aromatic nitrogens is 7. The molecule has 8 heterocycles. The molecule has 0 unspecified atom stereocenters. The average molecular weight is 1240 g/mol. The number of thioether (sulfide) groups is 6. The van der Waals surface area contributed by atoms with E-state index in [1.165, 1.54) is 58.7 Å². The predicted molar refractivity (Wildman–Crippen MR) is 340 cm³/mol. The molecule has 22 heteroatoms. The van der Waals surface area contributed by atoms with Crippen molar-refractivity contribution in [3.05, 3.63) is 193 Å². The monoisotopic (exact) mass is 1240 g/mol. The minimum absolute atomic E-state index is 0. The summed E-state index contributed by atoms with van der Waals surface area (Å²) in [5.74, 6) is 8.86. The maximum Gasteiger partial charge on any atom is 1.00 e. The van der Waals surface area contributed by atoms with Gasteiger partial charge in [0.2, 0.25) is 0 Å². The molecule has 2 aromatic heterocycles. The fourth-order valence-corrected chi connectivity index (χ4v) is 15.1. The average Bonchev–Trinajstić information content (AvgIpc) is 4.10. The molecule has 8 aromatic rings. The van der Waals surface area contributed by atoms with Crippen LogP contribution < -0.4 is 34.9 Å². The molecule has 0 bridgehead atoms. The Kier molecular flexibility index (Phi) is 25.7. The third-order valence-electron chi connectivity index (χ3n) is 13.4. The summed E-state index contributed by atoms with van der Waals surface area (Å²) in [4.78, 5) is 54.5. The normalized spacial score (nSPS) is 14.7. The van der Waals surface area contributed by atoms with Crippen molar-refractivity contribution in [2.45, 2.75) is 110 Å². The van der Waals surface area contributed by atoms with E-state index in [9.17, 15) is 19.2 Å². The third-order valence-corrected chi connectivity index (χ3v) is 19.8. The van der Waals surface area contributed by atoms with Gasteiger partial charge >= 0.3 is 29.6 Å². The van der Waals surface area contributed by atoms with Crippen LogP contribution in [0.15, 0.2) is 145 Å². The van der Waals surface area contributed by atoms with Crippen molar-refractivity contribution in [3.63, 3.8) is 0 Å². The minimum atomic E-state index is 0. The van der Waals surface area contributed by atoms with Crippen LogP contribution in [0.4, 0.5) is 0 Å². The first-order chi connectivity index (χ1) is 40.2. The number of amides is 1. The van der Waals surface area contributed by atoms with Gasteiger partial charge in [-0.15, -0.1) is 85.9 Å². The van der Waals surface area contributed by atoms with Gasteiger partial charge < -0.3 is 16.4 Å². The second-order valence-corrected chi connectivity index (χ2v) is 26.7. The Morgan fingerprint density at radius 2 is 0.952 bits per heavy atom. The van der Waals surface area contributed by atoms with Crippen LogP contribution in [0.25, 0.3) is 33.0 Å². The second-order valence-electron chi connectivity index (χ2n) is 19.9. The quantitative estimate of drug-likeness (QED) is 0.0647. The fourth-order valence-electron chi connectivity index (χ4n) is 9.24. The van der Waals surface area contributed by atoms with Crippen LogP contribution in [0.3, 0.4) is 0 Å². The molecule has 6 aliphatic heterocycles. The Hall–Kier alpha value is -5.58. The smallest absolute Gasteiger partial charge is 0.373 e. The molecular formula is C62H64N11NaO4S6. The van der Waals surface area contributed by atoms with E-state index >= 15 is 0 Å². The van der Waals surface area contributed by atoms with E-state index < -0.39 is 0 Å². The van der Waals surface area contributed by atoms with Gasteiger partial charge in [0, 0.05) is 119 Å². The molecule has 6 aliphatic rings. The van der Waals surface area contributed by atoms with Crippen molar-refractivity contribution in [3.8, 4) is 17.1 Å². The van der Waals surface area contributed by atoms with Gasteiger partial charge in [-0.25, -0.2) is 4.68 Å². The molecule has 14 rings (SSSR count). The first kappa shape index (κ1) is 66.0. The summed E-state index contributed by atoms with van der Waals surface area (Å²) in [6.45, 7) is 13.9. The van der Waals surface area contributed by atoms with Gasteiger partial charge in [0.15, 0.2) is 17.4 Å². The molecule has 428 valence electrons. The Labute approximate surface area is 538 Å². The van der Waals surface area contributed by atoms with Crippen molar-refractivity contribution in [1.29, 1.82) is 0 Å². The van der Waals surface area contributed by atoms with E-state index in [2.05, 4.69) is 123 Å². The van der Waals surface area contributed by atoms with Gasteiger partial charge in [0.1, 0.15) is 17.9 Å². The molecule has 0 spiro atoms. The number of ketones is 3. The second kappa shape index (κ2) is 32.8. The van der Waals surface area contributed by atoms with E-state index in [0.717, 1.165) is 115 Å². The van der Waals surface area contributed by atoms with Gasteiger partial charge in [0.05, 0.1) is 17.8 Å². The van der Waals surface area contributed by atoms with Crippen LogP contribution in [0.1, 0.15) is 95.1 Å². The predicted octanol–water partition coefficient (Wildman–Crippen LogP) is 11.6. The Morgan fingerprint density at radius 1 is 0.500 bits per heavy atom. The van der Waals surface area contributed by atoms with Crippen molar-refractivity contribution >= 4 is 93.8 Å². The number of nitrogens with zero attached hydrogens (tertiary/aromatic N) is 10. The summed E-state index contributed by atoms with van der Waals surface area (Å²) in [7, 11) is 0. The summed E-state index contributed by atoms with van der Waals surface area (Å²) in [5, 5.41) is 22.8. The molecule has 1 amide bonds. The molecule has 6 aromatic carbocycles. The summed E-state index contributed by atoms with van der Waals surface area (Å²) in [5.41, 5.74) is 27.0. The van der Waals surface area contributed by atoms with Gasteiger partial charge in [-0.3, -0.25) is 28.7 Å². The minimum Gasteiger partial charge on any atom is -0.373 e. The van der Waals surface area contributed by atoms with Crippen molar-refractivity contribution in [2.75, 3.05) is 41.1 Å². The maximum atomic E-state index is 11.5. The molecule has 0 radical (unpaired) electrons. The van der Waals surface area contributed by atoms with E-state index in [1.807, 2.05) is 91.4 Å². The fraction of sp³-hybridized carbons (Fsp3) is 0.306. The zero-order chi connectivity index (χ0) is 58.8. The third kappa shape index (κ3) is 18.5. The van der Waals surface area contributed by atoms with Crippen LogP contribution >= 0.6 is 70.6 Å². The van der Waals surface area contributed by atoms with Crippen molar-refractivity contribution in [2.24, 2.45) is 0 Å². The molecule has 0 saturated carbocycles. The van der Waals surface area contributed by atoms with Crippen LogP contribution in [-0.2, 0) is 24.2 Å². The maximum absolute atomic E-state index is 11.5. The van der Waals surface area contributed by atoms with Gasteiger partial charge in [-0.1, -0.05) is 70.3 Å². The number of fused-ring (bicyclic) bond motifs is 10. The van der Waals surface area contributed by atoms with Crippen LogP contribution in [0.2, 0.25) is 0 Å². The topological polar surface area (TPSA) is 213 Å². The first-order valence-electron chi connectivity index (χ1n) is 27.1. The van der Waals surface area contributed by atoms with E-state index in [1.54, 1.807) is 53.4 Å². The molecule has 0 fully saturated rings. The van der Waals surface area contributed by atoms with Gasteiger partial charge in [0.25, 0.3) is 5.91 Å². The number of tetrazole rings is 1. The number of benzene rings is 6. The summed E-state index contributed by atoms with van der Waals surface area (Å²) in [6, 6.07) is 37.6. The summed E-state index contributed by atoms with van der Waals surface area (Å²) in [6.07, 6.45) is 5.53. The zero-order valence-electron chi connectivity index (χ0n) is 48.2. The first-order valence-corrected chi connectivity index (χ1v) is 33.0. The van der Waals surface area contributed by atoms with Crippen molar-refractivity contribution < 1.29 is 48.7 Å². The number of carbonyl (C=O) groups excluding carboxylic acids is 4. The Morgan fingerprint density at radius 3 is 1.57 bits per heavy atom. The summed E-state index contributed by atoms with van der Waals surface area (Å²) < 4.78 is 3.97. The van der Waals surface area contributed by atoms with Crippen LogP contribution in [0, 0.1) is 41.5 Å².